The van der Waals surface area contributed by atoms with Crippen molar-refractivity contribution in [2.24, 2.45) is 0 Å². The van der Waals surface area contributed by atoms with Gasteiger partial charge in [-0.3, -0.25) is 4.40 Å². The van der Waals surface area contributed by atoms with Crippen LogP contribution in [-0.2, 0) is 0 Å². The normalized spacial score (nSPS) is 20.4. The minimum Gasteiger partial charge on any atom is -0.478 e. The molecule has 1 fully saturated rings. The van der Waals surface area contributed by atoms with Crippen LogP contribution >= 0.6 is 0 Å². The Morgan fingerprint density at radius 3 is 3.10 bits per heavy atom. The van der Waals surface area contributed by atoms with E-state index in [4.69, 9.17) is 0 Å². The van der Waals surface area contributed by atoms with Gasteiger partial charge in [0.25, 0.3) is 0 Å². The smallest absolute Gasteiger partial charge is 0.339 e. The Balaban J connectivity index is 2.00. The maximum absolute atomic E-state index is 11.2. The highest BCUT2D eigenvalue weighted by Crippen LogP contribution is 2.26. The molecular formula is C14H18N4O2. The van der Waals surface area contributed by atoms with Gasteiger partial charge in [-0.15, -0.1) is 10.2 Å². The molecule has 3 rings (SSSR count). The third-order valence-corrected chi connectivity index (χ3v) is 4.01. The number of likely N-dealkylation sites (N-methyl/N-ethyl adjacent to an activating group) is 1. The maximum Gasteiger partial charge on any atom is 0.339 e. The number of carboxylic acid groups (broad SMARTS) is 1. The zero-order valence-corrected chi connectivity index (χ0v) is 11.5. The summed E-state index contributed by atoms with van der Waals surface area (Å²) in [6, 6.07) is 3.30. The van der Waals surface area contributed by atoms with Crippen molar-refractivity contribution in [1.29, 1.82) is 0 Å². The predicted octanol–water partition coefficient (Wildman–Crippen LogP) is 1.63. The van der Waals surface area contributed by atoms with Gasteiger partial charge in [-0.05, 0) is 38.1 Å². The molecule has 0 spiro atoms. The Kier molecular flexibility index (Phi) is 3.40. The van der Waals surface area contributed by atoms with Gasteiger partial charge >= 0.3 is 5.97 Å². The molecule has 0 aromatic carbocycles. The number of carboxylic acids is 1. The molecule has 1 atom stereocenters. The molecule has 6 nitrogen and oxygen atoms in total. The average Bonchev–Trinajstić information content (AvgIpc) is 2.91. The summed E-state index contributed by atoms with van der Waals surface area (Å²) < 4.78 is 1.83. The lowest BCUT2D eigenvalue weighted by atomic mass is 9.97. The molecule has 0 bridgehead atoms. The minimum absolute atomic E-state index is 0.203. The molecule has 106 valence electrons. The van der Waals surface area contributed by atoms with Crippen molar-refractivity contribution >= 4 is 11.6 Å². The van der Waals surface area contributed by atoms with Crippen LogP contribution < -0.4 is 0 Å². The molecule has 2 aromatic heterocycles. The van der Waals surface area contributed by atoms with E-state index < -0.39 is 5.97 Å². The molecule has 1 N–H and O–H groups in total. The molecule has 20 heavy (non-hydrogen) atoms. The minimum atomic E-state index is -0.964. The van der Waals surface area contributed by atoms with E-state index in [0.717, 1.165) is 38.3 Å². The van der Waals surface area contributed by atoms with Crippen molar-refractivity contribution in [3.05, 3.63) is 29.7 Å². The molecule has 0 radical (unpaired) electrons. The summed E-state index contributed by atoms with van der Waals surface area (Å²) in [5.41, 5.74) is 0.637. The van der Waals surface area contributed by atoms with Gasteiger partial charge in [-0.1, -0.05) is 6.92 Å². The summed E-state index contributed by atoms with van der Waals surface area (Å²) in [7, 11) is 0. The molecule has 1 aliphatic rings. The summed E-state index contributed by atoms with van der Waals surface area (Å²) >= 11 is 0. The van der Waals surface area contributed by atoms with Crippen molar-refractivity contribution in [1.82, 2.24) is 19.5 Å². The zero-order valence-electron chi connectivity index (χ0n) is 11.5. The third kappa shape index (κ3) is 2.16. The number of aromatic carboxylic acids is 1. The molecule has 2 aromatic rings. The summed E-state index contributed by atoms with van der Waals surface area (Å²) in [6.07, 6.45) is 4.07. The molecule has 0 aliphatic carbocycles. The maximum atomic E-state index is 11.2. The van der Waals surface area contributed by atoms with Crippen LogP contribution in [0, 0.1) is 0 Å². The van der Waals surface area contributed by atoms with E-state index in [1.807, 2.05) is 10.6 Å². The van der Waals surface area contributed by atoms with Gasteiger partial charge < -0.3 is 10.0 Å². The number of hydrogen-bond acceptors (Lipinski definition) is 4. The van der Waals surface area contributed by atoms with E-state index in [9.17, 15) is 9.90 Å². The van der Waals surface area contributed by atoms with Crippen LogP contribution in [0.25, 0.3) is 5.65 Å². The molecular weight excluding hydrogens is 256 g/mol. The molecule has 0 amide bonds. The average molecular weight is 274 g/mol. The second kappa shape index (κ2) is 5.20. The molecule has 6 heteroatoms. The number of fused-ring (bicyclic) bond motifs is 1. The Hall–Kier alpha value is -1.95. The summed E-state index contributed by atoms with van der Waals surface area (Å²) in [5.74, 6) is 0.234. The number of aromatic nitrogens is 3. The first-order chi connectivity index (χ1) is 9.70. The number of pyridine rings is 1. The van der Waals surface area contributed by atoms with Crippen LogP contribution in [0.15, 0.2) is 18.3 Å². The van der Waals surface area contributed by atoms with Crippen LogP contribution in [0.4, 0.5) is 0 Å². The number of piperidine rings is 1. The second-order valence-electron chi connectivity index (χ2n) is 5.21. The fourth-order valence-electron chi connectivity index (χ4n) is 2.93. The van der Waals surface area contributed by atoms with Crippen molar-refractivity contribution in [3.8, 4) is 0 Å². The number of rotatable bonds is 3. The number of hydrogen-bond donors (Lipinski definition) is 1. The Morgan fingerprint density at radius 1 is 1.50 bits per heavy atom. The van der Waals surface area contributed by atoms with E-state index in [1.54, 1.807) is 12.1 Å². The highest BCUT2D eigenvalue weighted by atomic mass is 16.4. The van der Waals surface area contributed by atoms with Gasteiger partial charge in [-0.2, -0.15) is 0 Å². The molecule has 1 aliphatic heterocycles. The van der Waals surface area contributed by atoms with Crippen LogP contribution in [0.2, 0.25) is 0 Å². The standard InChI is InChI=1S/C14H18N4O2/c1-2-17-7-3-5-10(9-17)12-15-16-13-11(14(19)20)6-4-8-18(12)13/h4,6,8,10H,2-3,5,7,9H2,1H3,(H,19,20). The topological polar surface area (TPSA) is 70.7 Å². The highest BCUT2D eigenvalue weighted by Gasteiger charge is 2.25. The first kappa shape index (κ1) is 13.1. The Labute approximate surface area is 117 Å². The van der Waals surface area contributed by atoms with Gasteiger partial charge in [0.1, 0.15) is 11.4 Å². The van der Waals surface area contributed by atoms with E-state index in [0.29, 0.717) is 11.6 Å². The number of nitrogens with zero attached hydrogens (tertiary/aromatic N) is 4. The predicted molar refractivity (Wildman–Crippen MR) is 74.0 cm³/mol. The molecule has 0 saturated carbocycles. The van der Waals surface area contributed by atoms with Gasteiger partial charge in [0.2, 0.25) is 0 Å². The van der Waals surface area contributed by atoms with Crippen LogP contribution in [0.5, 0.6) is 0 Å². The first-order valence-electron chi connectivity index (χ1n) is 7.00. The van der Waals surface area contributed by atoms with Crippen molar-refractivity contribution in [2.45, 2.75) is 25.7 Å². The van der Waals surface area contributed by atoms with Gasteiger partial charge in [0.05, 0.1) is 0 Å². The lowest BCUT2D eigenvalue weighted by molar-refractivity contribution is 0.0698. The fraction of sp³-hybridized carbons (Fsp3) is 0.500. The Bertz CT molecular complexity index is 637. The summed E-state index contributed by atoms with van der Waals surface area (Å²) in [6.45, 7) is 5.29. The highest BCUT2D eigenvalue weighted by molar-refractivity contribution is 5.94. The Morgan fingerprint density at radius 2 is 2.35 bits per heavy atom. The third-order valence-electron chi connectivity index (χ3n) is 4.01. The van der Waals surface area contributed by atoms with E-state index >= 15 is 0 Å². The van der Waals surface area contributed by atoms with Gasteiger partial charge in [0.15, 0.2) is 5.65 Å². The molecule has 3 heterocycles. The quantitative estimate of drug-likeness (QED) is 0.921. The largest absolute Gasteiger partial charge is 0.478 e. The van der Waals surface area contributed by atoms with Crippen LogP contribution in [0.1, 0.15) is 41.9 Å². The fourth-order valence-corrected chi connectivity index (χ4v) is 2.93. The summed E-state index contributed by atoms with van der Waals surface area (Å²) in [5, 5.41) is 17.5. The van der Waals surface area contributed by atoms with E-state index in [-0.39, 0.29) is 5.56 Å². The number of carbonyl (C=O) groups is 1. The zero-order chi connectivity index (χ0) is 14.1. The van der Waals surface area contributed by atoms with Crippen molar-refractivity contribution in [2.75, 3.05) is 19.6 Å². The number of likely N-dealkylation sites (tertiary alicyclic amines) is 1. The lowest BCUT2D eigenvalue weighted by Crippen LogP contribution is -2.34. The van der Waals surface area contributed by atoms with Crippen molar-refractivity contribution < 1.29 is 9.90 Å². The van der Waals surface area contributed by atoms with Crippen LogP contribution in [0.3, 0.4) is 0 Å². The van der Waals surface area contributed by atoms with E-state index in [2.05, 4.69) is 22.0 Å². The summed E-state index contributed by atoms with van der Waals surface area (Å²) in [4.78, 5) is 13.6. The van der Waals surface area contributed by atoms with E-state index in [1.165, 1.54) is 0 Å². The van der Waals surface area contributed by atoms with Crippen LogP contribution in [-0.4, -0.2) is 50.2 Å². The SMILES string of the molecule is CCN1CCCC(c2nnc3c(C(=O)O)cccn23)C1. The molecule has 1 saturated heterocycles. The van der Waals surface area contributed by atoms with Crippen molar-refractivity contribution in [3.63, 3.8) is 0 Å². The lowest BCUT2D eigenvalue weighted by Gasteiger charge is -2.30. The second-order valence-corrected chi connectivity index (χ2v) is 5.21. The first-order valence-corrected chi connectivity index (χ1v) is 7.00. The monoisotopic (exact) mass is 274 g/mol. The van der Waals surface area contributed by atoms with Gasteiger partial charge in [-0.25, -0.2) is 4.79 Å². The van der Waals surface area contributed by atoms with Gasteiger partial charge in [0, 0.05) is 18.7 Å². The molecule has 1 unspecified atom stereocenters.